The van der Waals surface area contributed by atoms with Gasteiger partial charge in [0.15, 0.2) is 11.5 Å². The number of hydrogen-bond acceptors (Lipinski definition) is 5. The molecule has 1 aromatic heterocycles. The zero-order chi connectivity index (χ0) is 13.4. The monoisotopic (exact) mass is 255 g/mol. The number of aromatic nitrogens is 1. The fraction of sp³-hybridized carbons (Fsp3) is 0.667. The Kier molecular flexibility index (Phi) is 6.38. The average Bonchev–Trinajstić information content (AvgIpc) is 2.86. The SMILES string of the molecule is CCN(C)CCCCNC(=O)c1cc(CO)on1. The summed E-state index contributed by atoms with van der Waals surface area (Å²) in [5, 5.41) is 15.1. The predicted molar refractivity (Wildman–Crippen MR) is 67.2 cm³/mol. The summed E-state index contributed by atoms with van der Waals surface area (Å²) in [5.41, 5.74) is 0.213. The molecular weight excluding hydrogens is 234 g/mol. The van der Waals surface area contributed by atoms with Gasteiger partial charge in [-0.25, -0.2) is 0 Å². The van der Waals surface area contributed by atoms with Crippen molar-refractivity contribution in [1.82, 2.24) is 15.4 Å². The number of unbranched alkanes of at least 4 members (excludes halogenated alkanes) is 1. The maximum Gasteiger partial charge on any atom is 0.273 e. The first kappa shape index (κ1) is 14.7. The van der Waals surface area contributed by atoms with Crippen molar-refractivity contribution in [2.24, 2.45) is 0 Å². The lowest BCUT2D eigenvalue weighted by Crippen LogP contribution is -2.26. The van der Waals surface area contributed by atoms with Gasteiger partial charge >= 0.3 is 0 Å². The molecule has 0 aliphatic heterocycles. The molecule has 102 valence electrons. The highest BCUT2D eigenvalue weighted by molar-refractivity contribution is 5.92. The van der Waals surface area contributed by atoms with Gasteiger partial charge in [0.25, 0.3) is 5.91 Å². The number of nitrogens with one attached hydrogen (secondary N) is 1. The lowest BCUT2D eigenvalue weighted by Gasteiger charge is -2.12. The van der Waals surface area contributed by atoms with Gasteiger partial charge in [-0.15, -0.1) is 0 Å². The summed E-state index contributed by atoms with van der Waals surface area (Å²) < 4.78 is 4.74. The lowest BCUT2D eigenvalue weighted by atomic mass is 10.3. The zero-order valence-electron chi connectivity index (χ0n) is 11.0. The number of amides is 1. The largest absolute Gasteiger partial charge is 0.388 e. The summed E-state index contributed by atoms with van der Waals surface area (Å²) in [6.45, 7) is 4.56. The Labute approximate surface area is 107 Å². The van der Waals surface area contributed by atoms with E-state index in [4.69, 9.17) is 9.63 Å². The first-order chi connectivity index (χ1) is 8.67. The minimum Gasteiger partial charge on any atom is -0.388 e. The summed E-state index contributed by atoms with van der Waals surface area (Å²) in [6.07, 6.45) is 1.98. The van der Waals surface area contributed by atoms with E-state index in [1.807, 2.05) is 0 Å². The molecule has 1 amide bonds. The molecule has 0 fully saturated rings. The van der Waals surface area contributed by atoms with Crippen LogP contribution in [0.2, 0.25) is 0 Å². The highest BCUT2D eigenvalue weighted by Gasteiger charge is 2.11. The number of carbonyl (C=O) groups excluding carboxylic acids is 1. The van der Waals surface area contributed by atoms with E-state index in [9.17, 15) is 4.79 Å². The molecule has 1 rings (SSSR count). The quantitative estimate of drug-likeness (QED) is 0.666. The third kappa shape index (κ3) is 4.85. The molecule has 1 heterocycles. The molecule has 6 heteroatoms. The second-order valence-corrected chi connectivity index (χ2v) is 4.20. The number of carbonyl (C=O) groups is 1. The first-order valence-corrected chi connectivity index (χ1v) is 6.20. The van der Waals surface area contributed by atoms with E-state index >= 15 is 0 Å². The predicted octanol–water partition coefficient (Wildman–Crippen LogP) is 0.629. The maximum absolute atomic E-state index is 11.6. The number of rotatable bonds is 8. The molecule has 2 N–H and O–H groups in total. The molecule has 0 aromatic carbocycles. The Morgan fingerprint density at radius 3 is 2.94 bits per heavy atom. The van der Waals surface area contributed by atoms with E-state index in [1.165, 1.54) is 6.07 Å². The van der Waals surface area contributed by atoms with Crippen LogP contribution in [-0.4, -0.2) is 47.8 Å². The van der Waals surface area contributed by atoms with Crippen molar-refractivity contribution >= 4 is 5.91 Å². The Morgan fingerprint density at radius 1 is 1.56 bits per heavy atom. The molecule has 0 saturated heterocycles. The molecule has 0 unspecified atom stereocenters. The molecule has 0 aliphatic carbocycles. The van der Waals surface area contributed by atoms with Gasteiger partial charge in [0, 0.05) is 12.6 Å². The van der Waals surface area contributed by atoms with Gasteiger partial charge in [-0.05, 0) is 33.0 Å². The van der Waals surface area contributed by atoms with Crippen molar-refractivity contribution in [2.45, 2.75) is 26.4 Å². The van der Waals surface area contributed by atoms with Crippen molar-refractivity contribution in [2.75, 3.05) is 26.7 Å². The molecular formula is C12H21N3O3. The second kappa shape index (κ2) is 7.84. The molecule has 0 atom stereocenters. The van der Waals surface area contributed by atoms with Crippen LogP contribution in [0.1, 0.15) is 36.0 Å². The highest BCUT2D eigenvalue weighted by Crippen LogP contribution is 2.03. The number of nitrogens with zero attached hydrogens (tertiary/aromatic N) is 2. The Hall–Kier alpha value is -1.40. The van der Waals surface area contributed by atoms with Crippen LogP contribution in [0, 0.1) is 0 Å². The van der Waals surface area contributed by atoms with Crippen LogP contribution >= 0.6 is 0 Å². The molecule has 18 heavy (non-hydrogen) atoms. The molecule has 6 nitrogen and oxygen atoms in total. The van der Waals surface area contributed by atoms with Gasteiger partial charge in [0.1, 0.15) is 6.61 Å². The third-order valence-corrected chi connectivity index (χ3v) is 2.74. The van der Waals surface area contributed by atoms with E-state index < -0.39 is 0 Å². The molecule has 0 radical (unpaired) electrons. The number of aliphatic hydroxyl groups is 1. The smallest absolute Gasteiger partial charge is 0.273 e. The van der Waals surface area contributed by atoms with Gasteiger partial charge < -0.3 is 19.8 Å². The van der Waals surface area contributed by atoms with Crippen LogP contribution in [0.3, 0.4) is 0 Å². The van der Waals surface area contributed by atoms with Crippen LogP contribution < -0.4 is 5.32 Å². The zero-order valence-corrected chi connectivity index (χ0v) is 11.0. The van der Waals surface area contributed by atoms with Crippen LogP contribution in [0.15, 0.2) is 10.6 Å². The minimum absolute atomic E-state index is 0.213. The average molecular weight is 255 g/mol. The third-order valence-electron chi connectivity index (χ3n) is 2.74. The molecule has 0 spiro atoms. The van der Waals surface area contributed by atoms with Gasteiger partial charge in [-0.2, -0.15) is 0 Å². The van der Waals surface area contributed by atoms with Crippen molar-refractivity contribution in [1.29, 1.82) is 0 Å². The van der Waals surface area contributed by atoms with Crippen molar-refractivity contribution in [3.05, 3.63) is 17.5 Å². The summed E-state index contributed by atoms with van der Waals surface area (Å²) >= 11 is 0. The summed E-state index contributed by atoms with van der Waals surface area (Å²) in [7, 11) is 2.07. The summed E-state index contributed by atoms with van der Waals surface area (Å²) in [5.74, 6) is 0.0343. The van der Waals surface area contributed by atoms with Crippen LogP contribution in [0.4, 0.5) is 0 Å². The molecule has 0 saturated carbocycles. The Balaban J connectivity index is 2.17. The Morgan fingerprint density at radius 2 is 2.33 bits per heavy atom. The van der Waals surface area contributed by atoms with E-state index in [2.05, 4.69) is 29.3 Å². The normalized spacial score (nSPS) is 10.9. The lowest BCUT2D eigenvalue weighted by molar-refractivity contribution is 0.0943. The van der Waals surface area contributed by atoms with Crippen molar-refractivity contribution in [3.63, 3.8) is 0 Å². The molecule has 0 aliphatic rings. The highest BCUT2D eigenvalue weighted by atomic mass is 16.5. The van der Waals surface area contributed by atoms with Gasteiger partial charge in [0.2, 0.25) is 0 Å². The van der Waals surface area contributed by atoms with Gasteiger partial charge in [-0.3, -0.25) is 4.79 Å². The first-order valence-electron chi connectivity index (χ1n) is 6.20. The molecule has 0 bridgehead atoms. The number of aliphatic hydroxyl groups excluding tert-OH is 1. The fourth-order valence-electron chi connectivity index (χ4n) is 1.45. The maximum atomic E-state index is 11.6. The van der Waals surface area contributed by atoms with Crippen LogP contribution in [-0.2, 0) is 6.61 Å². The van der Waals surface area contributed by atoms with E-state index in [0.29, 0.717) is 12.3 Å². The second-order valence-electron chi connectivity index (χ2n) is 4.20. The van der Waals surface area contributed by atoms with Crippen molar-refractivity contribution in [3.8, 4) is 0 Å². The Bertz CT molecular complexity index is 365. The van der Waals surface area contributed by atoms with E-state index in [-0.39, 0.29) is 18.2 Å². The standard InChI is InChI=1S/C12H21N3O3/c1-3-15(2)7-5-4-6-13-12(17)11-8-10(9-16)18-14-11/h8,16H,3-7,9H2,1-2H3,(H,13,17). The topological polar surface area (TPSA) is 78.6 Å². The summed E-state index contributed by atoms with van der Waals surface area (Å²) in [6, 6.07) is 1.44. The van der Waals surface area contributed by atoms with Gasteiger partial charge in [0.05, 0.1) is 0 Å². The minimum atomic E-state index is -0.262. The number of hydrogen-bond donors (Lipinski definition) is 2. The van der Waals surface area contributed by atoms with E-state index in [1.54, 1.807) is 0 Å². The molecule has 1 aromatic rings. The van der Waals surface area contributed by atoms with Gasteiger partial charge in [-0.1, -0.05) is 12.1 Å². The van der Waals surface area contributed by atoms with Crippen LogP contribution in [0.25, 0.3) is 0 Å². The van der Waals surface area contributed by atoms with Crippen LogP contribution in [0.5, 0.6) is 0 Å². The summed E-state index contributed by atoms with van der Waals surface area (Å²) in [4.78, 5) is 13.8. The fourth-order valence-corrected chi connectivity index (χ4v) is 1.45. The van der Waals surface area contributed by atoms with E-state index in [0.717, 1.165) is 25.9 Å². The van der Waals surface area contributed by atoms with Crippen molar-refractivity contribution < 1.29 is 14.4 Å².